The molecule has 0 N–H and O–H groups in total. The zero-order chi connectivity index (χ0) is 11.2. The minimum atomic E-state index is 0. The molecule has 1 unspecified atom stereocenters. The maximum absolute atomic E-state index is 2.40. The van der Waals surface area contributed by atoms with Crippen molar-refractivity contribution in [3.8, 4) is 0 Å². The zero-order valence-electron chi connectivity index (χ0n) is 10.4. The van der Waals surface area contributed by atoms with Crippen LogP contribution >= 0.6 is 24.0 Å². The third-order valence-electron chi connectivity index (χ3n) is 2.98. The first-order valence-corrected chi connectivity index (χ1v) is 7.06. The topological polar surface area (TPSA) is 6.48 Å². The minimum absolute atomic E-state index is 0. The van der Waals surface area contributed by atoms with E-state index >= 15 is 0 Å². The molecule has 1 aromatic carbocycles. The van der Waals surface area contributed by atoms with E-state index in [1.54, 1.807) is 4.46 Å². The van der Waals surface area contributed by atoms with Gasteiger partial charge in [0.05, 0.1) is 0 Å². The number of rotatable bonds is 1. The molecule has 0 aromatic heterocycles. The fourth-order valence-electron chi connectivity index (χ4n) is 1.97. The minimum Gasteiger partial charge on any atom is -0.107 e. The third-order valence-corrected chi connectivity index (χ3v) is 5.58. The van der Waals surface area contributed by atoms with E-state index in [1.165, 1.54) is 16.9 Å². The number of anilines is 2. The molecule has 0 spiro atoms. The molecule has 0 fully saturated rings. The Bertz CT molecular complexity index is 393. The van der Waals surface area contributed by atoms with E-state index in [0.717, 1.165) is 0 Å². The molecule has 2 nitrogen and oxygen atoms in total. The molecular formula is C12H19IN2Se. The van der Waals surface area contributed by atoms with Crippen LogP contribution in [-0.4, -0.2) is 41.0 Å². The van der Waals surface area contributed by atoms with Gasteiger partial charge in [0.1, 0.15) is 0 Å². The number of hydrogen-bond acceptors (Lipinski definition) is 2. The number of benzene rings is 1. The van der Waals surface area contributed by atoms with Crippen molar-refractivity contribution >= 4 is 54.8 Å². The fraction of sp³-hybridized carbons (Fsp3) is 0.500. The van der Waals surface area contributed by atoms with Crippen LogP contribution in [0.25, 0.3) is 0 Å². The molecule has 0 saturated heterocycles. The summed E-state index contributed by atoms with van der Waals surface area (Å²) in [7, 11) is 6.43. The summed E-state index contributed by atoms with van der Waals surface area (Å²) < 4.78 is 1.55. The van der Waals surface area contributed by atoms with Crippen molar-refractivity contribution in [1.29, 1.82) is 0 Å². The number of hydrogen-bond donors (Lipinski definition) is 0. The molecule has 0 radical (unpaired) electrons. The molecule has 16 heavy (non-hydrogen) atoms. The van der Waals surface area contributed by atoms with Crippen LogP contribution in [-0.2, 0) is 0 Å². The fourth-order valence-corrected chi connectivity index (χ4v) is 4.37. The second-order valence-corrected chi connectivity index (χ2v) is 7.18. The van der Waals surface area contributed by atoms with Crippen molar-refractivity contribution in [3.63, 3.8) is 0 Å². The summed E-state index contributed by atoms with van der Waals surface area (Å²) in [6, 6.07) is 4.70. The second-order valence-electron chi connectivity index (χ2n) is 4.33. The molecule has 4 heteroatoms. The van der Waals surface area contributed by atoms with Gasteiger partial charge in [-0.05, 0) is 0 Å². The van der Waals surface area contributed by atoms with Crippen LogP contribution in [0.5, 0.6) is 0 Å². The Morgan fingerprint density at radius 1 is 1.31 bits per heavy atom. The Hall–Kier alpha value is 0.0695. The maximum atomic E-state index is 2.40. The van der Waals surface area contributed by atoms with Gasteiger partial charge in [-0.1, -0.05) is 0 Å². The van der Waals surface area contributed by atoms with Crippen LogP contribution in [0.1, 0.15) is 12.5 Å². The van der Waals surface area contributed by atoms with Crippen LogP contribution < -0.4 is 14.3 Å². The number of halogens is 1. The van der Waals surface area contributed by atoms with Crippen LogP contribution in [0.3, 0.4) is 0 Å². The van der Waals surface area contributed by atoms with Crippen molar-refractivity contribution in [2.45, 2.75) is 18.8 Å². The summed E-state index contributed by atoms with van der Waals surface area (Å²) in [5.41, 5.74) is 4.17. The van der Waals surface area contributed by atoms with Crippen molar-refractivity contribution in [2.75, 3.05) is 30.9 Å². The van der Waals surface area contributed by atoms with E-state index in [1.807, 2.05) is 0 Å². The molecule has 0 saturated carbocycles. The Morgan fingerprint density at radius 3 is 2.50 bits per heavy atom. The van der Waals surface area contributed by atoms with Gasteiger partial charge in [-0.2, -0.15) is 0 Å². The van der Waals surface area contributed by atoms with E-state index in [-0.39, 0.29) is 24.0 Å². The summed E-state index contributed by atoms with van der Waals surface area (Å²) in [5, 5.41) is 0. The molecule has 1 heterocycles. The summed E-state index contributed by atoms with van der Waals surface area (Å²) in [4.78, 5) is 5.31. The molecular weight excluding hydrogens is 378 g/mol. The van der Waals surface area contributed by atoms with Crippen LogP contribution in [0.15, 0.2) is 12.1 Å². The first-order valence-electron chi connectivity index (χ1n) is 5.22. The van der Waals surface area contributed by atoms with Crippen molar-refractivity contribution < 1.29 is 0 Å². The average Bonchev–Trinajstić information content (AvgIpc) is 2.43. The standard InChI is InChI=1S/C12H18N2Se.HI/c1-8-6-11-12(7-10(8)13(3)4)15-9(2)14(11)5;/h6-7,9H,1-5H3;1H. The molecule has 1 aliphatic heterocycles. The van der Waals surface area contributed by atoms with Gasteiger partial charge in [0, 0.05) is 0 Å². The van der Waals surface area contributed by atoms with E-state index in [4.69, 9.17) is 0 Å². The van der Waals surface area contributed by atoms with E-state index < -0.39 is 0 Å². The SMILES string of the molecule is Cc1cc2c(cc1N(C)C)[Se]C(C)N2C.I. The van der Waals surface area contributed by atoms with Gasteiger partial charge in [-0.15, -0.1) is 24.0 Å². The summed E-state index contributed by atoms with van der Waals surface area (Å²) in [5.74, 6) is 0. The van der Waals surface area contributed by atoms with Crippen LogP contribution in [0, 0.1) is 6.92 Å². The van der Waals surface area contributed by atoms with E-state index in [9.17, 15) is 0 Å². The van der Waals surface area contributed by atoms with E-state index in [2.05, 4.69) is 56.9 Å². The van der Waals surface area contributed by atoms with Gasteiger partial charge in [-0.25, -0.2) is 0 Å². The number of fused-ring (bicyclic) bond motifs is 1. The third kappa shape index (κ3) is 2.34. The maximum Gasteiger partial charge on any atom is -0.107 e. The predicted molar refractivity (Wildman–Crippen MR) is 84.2 cm³/mol. The number of nitrogens with zero attached hydrogens (tertiary/aromatic N) is 2. The molecule has 0 bridgehead atoms. The first kappa shape index (κ1) is 14.1. The molecule has 0 aliphatic carbocycles. The van der Waals surface area contributed by atoms with E-state index in [0.29, 0.717) is 19.9 Å². The molecule has 1 aromatic rings. The van der Waals surface area contributed by atoms with Gasteiger partial charge in [0.25, 0.3) is 0 Å². The molecule has 2 rings (SSSR count). The van der Waals surface area contributed by atoms with Crippen molar-refractivity contribution in [3.05, 3.63) is 17.7 Å². The predicted octanol–water partition coefficient (Wildman–Crippen LogP) is 1.80. The first-order chi connectivity index (χ1) is 7.00. The quantitative estimate of drug-likeness (QED) is 0.527. The Morgan fingerprint density at radius 2 is 1.94 bits per heavy atom. The normalized spacial score (nSPS) is 18.1. The summed E-state index contributed by atoms with van der Waals surface area (Å²) in [6.45, 7) is 4.50. The van der Waals surface area contributed by atoms with Crippen LogP contribution in [0.4, 0.5) is 11.4 Å². The second kappa shape index (κ2) is 5.15. The zero-order valence-corrected chi connectivity index (χ0v) is 14.5. The van der Waals surface area contributed by atoms with Gasteiger partial charge < -0.3 is 0 Å². The number of aryl methyl sites for hydroxylation is 1. The van der Waals surface area contributed by atoms with Crippen LogP contribution in [0.2, 0.25) is 0 Å². The van der Waals surface area contributed by atoms with Gasteiger partial charge >= 0.3 is 98.2 Å². The van der Waals surface area contributed by atoms with Gasteiger partial charge in [-0.3, -0.25) is 0 Å². The molecule has 1 aliphatic rings. The van der Waals surface area contributed by atoms with Gasteiger partial charge in [0.2, 0.25) is 0 Å². The summed E-state index contributed by atoms with van der Waals surface area (Å²) >= 11 is 0.600. The molecule has 1 atom stereocenters. The Balaban J connectivity index is 0.00000128. The molecule has 90 valence electrons. The van der Waals surface area contributed by atoms with Crippen molar-refractivity contribution in [1.82, 2.24) is 0 Å². The smallest absolute Gasteiger partial charge is 0.107 e. The molecule has 0 amide bonds. The average molecular weight is 397 g/mol. The largest absolute Gasteiger partial charge is 0.107 e. The Labute approximate surface area is 122 Å². The Kier molecular flexibility index (Phi) is 4.55. The summed E-state index contributed by atoms with van der Waals surface area (Å²) in [6.07, 6.45) is 0. The van der Waals surface area contributed by atoms with Gasteiger partial charge in [0.15, 0.2) is 0 Å². The van der Waals surface area contributed by atoms with Crippen molar-refractivity contribution in [2.24, 2.45) is 0 Å². The monoisotopic (exact) mass is 398 g/mol.